The van der Waals surface area contributed by atoms with Gasteiger partial charge in [-0.1, -0.05) is 6.07 Å². The van der Waals surface area contributed by atoms with Crippen LogP contribution in [0.1, 0.15) is 12.5 Å². The van der Waals surface area contributed by atoms with Gasteiger partial charge >= 0.3 is 0 Å². The first-order valence-corrected chi connectivity index (χ1v) is 5.18. The lowest BCUT2D eigenvalue weighted by molar-refractivity contribution is 0.0836. The van der Waals surface area contributed by atoms with Gasteiger partial charge in [0.1, 0.15) is 0 Å². The van der Waals surface area contributed by atoms with Crippen molar-refractivity contribution >= 4 is 11.8 Å². The van der Waals surface area contributed by atoms with E-state index in [1.165, 1.54) is 0 Å². The van der Waals surface area contributed by atoms with Gasteiger partial charge in [0.15, 0.2) is 0 Å². The van der Waals surface area contributed by atoms with E-state index in [-0.39, 0.29) is 0 Å². The van der Waals surface area contributed by atoms with Crippen molar-refractivity contribution in [2.45, 2.75) is 12.5 Å². The van der Waals surface area contributed by atoms with Crippen molar-refractivity contribution in [3.63, 3.8) is 0 Å². The molecule has 1 aromatic rings. The van der Waals surface area contributed by atoms with Crippen molar-refractivity contribution in [2.75, 3.05) is 12.0 Å². The number of pyridine rings is 1. The molecule has 0 bridgehead atoms. The Balaban J connectivity index is 2.82. The van der Waals surface area contributed by atoms with E-state index in [4.69, 9.17) is 0 Å². The fourth-order valence-electron chi connectivity index (χ4n) is 1.05. The largest absolute Gasteiger partial charge is 0.385 e. The second-order valence-electron chi connectivity index (χ2n) is 2.95. The van der Waals surface area contributed by atoms with E-state index in [1.54, 1.807) is 31.1 Å². The molecular weight excluding hydrogens is 170 g/mol. The number of aliphatic hydroxyl groups is 1. The Morgan fingerprint density at radius 1 is 1.67 bits per heavy atom. The third-order valence-electron chi connectivity index (χ3n) is 1.71. The van der Waals surface area contributed by atoms with E-state index >= 15 is 0 Å². The van der Waals surface area contributed by atoms with Crippen molar-refractivity contribution in [2.24, 2.45) is 0 Å². The standard InChI is InChI=1S/C9H13NOS/c1-9(11,7-12-2)8-4-3-5-10-6-8/h3-6,11H,7H2,1-2H3. The summed E-state index contributed by atoms with van der Waals surface area (Å²) < 4.78 is 0. The Kier molecular flexibility index (Phi) is 3.12. The summed E-state index contributed by atoms with van der Waals surface area (Å²) in [7, 11) is 0. The van der Waals surface area contributed by atoms with E-state index in [0.717, 1.165) is 5.56 Å². The van der Waals surface area contributed by atoms with Crippen LogP contribution in [0, 0.1) is 0 Å². The summed E-state index contributed by atoms with van der Waals surface area (Å²) in [6, 6.07) is 3.73. The molecule has 1 atom stereocenters. The summed E-state index contributed by atoms with van der Waals surface area (Å²) in [5.41, 5.74) is 0.118. The van der Waals surface area contributed by atoms with Crippen LogP contribution in [0.25, 0.3) is 0 Å². The first-order valence-electron chi connectivity index (χ1n) is 3.78. The van der Waals surface area contributed by atoms with Crippen LogP contribution in [0.15, 0.2) is 24.5 Å². The van der Waals surface area contributed by atoms with Crippen LogP contribution < -0.4 is 0 Å². The summed E-state index contributed by atoms with van der Waals surface area (Å²) in [6.07, 6.45) is 5.39. The molecule has 0 aliphatic carbocycles. The van der Waals surface area contributed by atoms with E-state index in [1.807, 2.05) is 18.4 Å². The van der Waals surface area contributed by atoms with Gasteiger partial charge < -0.3 is 5.11 Å². The average molecular weight is 183 g/mol. The van der Waals surface area contributed by atoms with Gasteiger partial charge in [-0.3, -0.25) is 4.98 Å². The first-order chi connectivity index (χ1) is 5.67. The lowest BCUT2D eigenvalue weighted by Gasteiger charge is -2.21. The summed E-state index contributed by atoms with van der Waals surface area (Å²) in [6.45, 7) is 1.81. The Morgan fingerprint density at radius 2 is 2.42 bits per heavy atom. The molecule has 1 aromatic heterocycles. The maximum absolute atomic E-state index is 9.92. The third-order valence-corrected chi connectivity index (χ3v) is 2.56. The number of thioether (sulfide) groups is 1. The van der Waals surface area contributed by atoms with E-state index in [9.17, 15) is 5.11 Å². The Bertz CT molecular complexity index is 236. The third kappa shape index (κ3) is 2.22. The van der Waals surface area contributed by atoms with Crippen molar-refractivity contribution in [1.29, 1.82) is 0 Å². The summed E-state index contributed by atoms with van der Waals surface area (Å²) >= 11 is 1.63. The molecule has 3 heteroatoms. The van der Waals surface area contributed by atoms with Crippen molar-refractivity contribution in [1.82, 2.24) is 4.98 Å². The maximum Gasteiger partial charge on any atom is 0.0973 e. The minimum absolute atomic E-state index is 0.693. The molecule has 0 aromatic carbocycles. The van der Waals surface area contributed by atoms with Gasteiger partial charge in [-0.25, -0.2) is 0 Å². The van der Waals surface area contributed by atoms with Crippen LogP contribution in [0.3, 0.4) is 0 Å². The van der Waals surface area contributed by atoms with Crippen LogP contribution in [0.2, 0.25) is 0 Å². The zero-order valence-electron chi connectivity index (χ0n) is 7.32. The van der Waals surface area contributed by atoms with E-state index < -0.39 is 5.60 Å². The molecule has 0 saturated carbocycles. The lowest BCUT2D eigenvalue weighted by Crippen LogP contribution is -2.24. The molecule has 0 aliphatic heterocycles. The number of rotatable bonds is 3. The first kappa shape index (κ1) is 9.55. The number of hydrogen-bond acceptors (Lipinski definition) is 3. The smallest absolute Gasteiger partial charge is 0.0973 e. The monoisotopic (exact) mass is 183 g/mol. The summed E-state index contributed by atoms with van der Waals surface area (Å²) in [5.74, 6) is 0.693. The van der Waals surface area contributed by atoms with Crippen molar-refractivity contribution in [3.05, 3.63) is 30.1 Å². The molecule has 1 N–H and O–H groups in total. The molecule has 66 valence electrons. The zero-order chi connectivity index (χ0) is 9.03. The van der Waals surface area contributed by atoms with Gasteiger partial charge in [0.25, 0.3) is 0 Å². The number of nitrogens with zero attached hydrogens (tertiary/aromatic N) is 1. The Labute approximate surface area is 77.0 Å². The van der Waals surface area contributed by atoms with Gasteiger partial charge in [-0.2, -0.15) is 11.8 Å². The molecule has 0 aliphatic rings. The molecule has 1 heterocycles. The highest BCUT2D eigenvalue weighted by atomic mass is 32.2. The van der Waals surface area contributed by atoms with Gasteiger partial charge in [0.2, 0.25) is 0 Å². The van der Waals surface area contributed by atoms with Gasteiger partial charge in [0, 0.05) is 23.7 Å². The average Bonchev–Trinajstić information content (AvgIpc) is 2.06. The molecule has 0 saturated heterocycles. The van der Waals surface area contributed by atoms with Gasteiger partial charge in [-0.05, 0) is 19.2 Å². The van der Waals surface area contributed by atoms with Crippen LogP contribution in [-0.4, -0.2) is 22.1 Å². The molecule has 1 unspecified atom stereocenters. The predicted molar refractivity (Wildman–Crippen MR) is 52.2 cm³/mol. The summed E-state index contributed by atoms with van der Waals surface area (Å²) in [5, 5.41) is 9.92. The zero-order valence-corrected chi connectivity index (χ0v) is 8.14. The predicted octanol–water partition coefficient (Wildman–Crippen LogP) is 1.65. The second kappa shape index (κ2) is 3.92. The van der Waals surface area contributed by atoms with Crippen LogP contribution >= 0.6 is 11.8 Å². The van der Waals surface area contributed by atoms with Crippen molar-refractivity contribution < 1.29 is 5.11 Å². The fourth-order valence-corrected chi connectivity index (χ4v) is 1.77. The molecule has 0 fully saturated rings. The van der Waals surface area contributed by atoms with E-state index in [0.29, 0.717) is 5.75 Å². The fraction of sp³-hybridized carbons (Fsp3) is 0.444. The Morgan fingerprint density at radius 3 is 2.92 bits per heavy atom. The minimum atomic E-state index is -0.756. The van der Waals surface area contributed by atoms with Crippen LogP contribution in [-0.2, 0) is 5.60 Å². The highest BCUT2D eigenvalue weighted by Crippen LogP contribution is 2.22. The van der Waals surface area contributed by atoms with Crippen molar-refractivity contribution in [3.8, 4) is 0 Å². The maximum atomic E-state index is 9.92. The molecule has 0 amide bonds. The molecular formula is C9H13NOS. The Hall–Kier alpha value is -0.540. The van der Waals surface area contributed by atoms with Crippen LogP contribution in [0.5, 0.6) is 0 Å². The molecule has 1 rings (SSSR count). The number of aromatic nitrogens is 1. The summed E-state index contributed by atoms with van der Waals surface area (Å²) in [4.78, 5) is 3.96. The highest BCUT2D eigenvalue weighted by Gasteiger charge is 2.21. The number of hydrogen-bond donors (Lipinski definition) is 1. The second-order valence-corrected chi connectivity index (χ2v) is 3.81. The van der Waals surface area contributed by atoms with E-state index in [2.05, 4.69) is 4.98 Å². The quantitative estimate of drug-likeness (QED) is 0.773. The van der Waals surface area contributed by atoms with Crippen LogP contribution in [0.4, 0.5) is 0 Å². The highest BCUT2D eigenvalue weighted by molar-refractivity contribution is 7.98. The van der Waals surface area contributed by atoms with Gasteiger partial charge in [0.05, 0.1) is 5.60 Å². The SMILES string of the molecule is CSCC(C)(O)c1cccnc1. The molecule has 12 heavy (non-hydrogen) atoms. The minimum Gasteiger partial charge on any atom is -0.385 e. The lowest BCUT2D eigenvalue weighted by atomic mass is 10.0. The molecule has 0 radical (unpaired) electrons. The topological polar surface area (TPSA) is 33.1 Å². The molecule has 0 spiro atoms. The molecule has 2 nitrogen and oxygen atoms in total. The normalized spacial score (nSPS) is 15.6. The van der Waals surface area contributed by atoms with Gasteiger partial charge in [-0.15, -0.1) is 0 Å².